The number of para-hydroxylation sites is 2. The van der Waals surface area contributed by atoms with E-state index >= 15 is 0 Å². The highest BCUT2D eigenvalue weighted by Gasteiger charge is 2.35. The predicted octanol–water partition coefficient (Wildman–Crippen LogP) is 5.69. The molecule has 0 saturated heterocycles. The van der Waals surface area contributed by atoms with Crippen LogP contribution in [0, 0.1) is 13.8 Å². The summed E-state index contributed by atoms with van der Waals surface area (Å²) in [7, 11) is 1.56. The van der Waals surface area contributed by atoms with Gasteiger partial charge in [0.15, 0.2) is 0 Å². The fourth-order valence-corrected chi connectivity index (χ4v) is 4.55. The fourth-order valence-electron chi connectivity index (χ4n) is 4.55. The summed E-state index contributed by atoms with van der Waals surface area (Å²) in [5.74, 6) is 0.494. The molecule has 3 N–H and O–H groups in total. The molecular weight excluding hydrogens is 478 g/mol. The number of carbonyl (C=O) groups is 2. The van der Waals surface area contributed by atoms with Gasteiger partial charge in [0.1, 0.15) is 23.2 Å². The number of nitrogens with one attached hydrogen (secondary N) is 3. The number of aryl methyl sites for hydroxylation is 2. The first-order chi connectivity index (χ1) is 18.4. The summed E-state index contributed by atoms with van der Waals surface area (Å²) >= 11 is 0. The average Bonchev–Trinajstić information content (AvgIpc) is 3.33. The summed E-state index contributed by atoms with van der Waals surface area (Å²) in [6, 6.07) is 22.2. The number of amides is 2. The van der Waals surface area contributed by atoms with E-state index < -0.39 is 6.04 Å². The lowest BCUT2D eigenvalue weighted by molar-refractivity contribution is -0.113. The van der Waals surface area contributed by atoms with Crippen LogP contribution in [-0.4, -0.2) is 28.7 Å². The van der Waals surface area contributed by atoms with Gasteiger partial charge in [0.2, 0.25) is 0 Å². The maximum absolute atomic E-state index is 13.7. The normalized spacial score (nSPS) is 14.4. The molecule has 1 aliphatic rings. The zero-order chi connectivity index (χ0) is 26.8. The van der Waals surface area contributed by atoms with Crippen LogP contribution in [0.15, 0.2) is 90.3 Å². The minimum Gasteiger partial charge on any atom is -0.495 e. The second-order valence-electron chi connectivity index (χ2n) is 9.30. The van der Waals surface area contributed by atoms with Gasteiger partial charge in [0.25, 0.3) is 11.8 Å². The molecule has 3 aromatic carbocycles. The van der Waals surface area contributed by atoms with Gasteiger partial charge in [0.05, 0.1) is 24.6 Å². The van der Waals surface area contributed by atoms with Crippen molar-refractivity contribution in [3.63, 3.8) is 0 Å². The van der Waals surface area contributed by atoms with Crippen LogP contribution in [0.4, 0.5) is 17.2 Å². The van der Waals surface area contributed by atoms with Gasteiger partial charge in [-0.2, -0.15) is 5.10 Å². The van der Waals surface area contributed by atoms with Crippen molar-refractivity contribution in [3.8, 4) is 5.75 Å². The van der Waals surface area contributed by atoms with Crippen LogP contribution in [0.5, 0.6) is 5.75 Å². The van der Waals surface area contributed by atoms with Crippen molar-refractivity contribution in [2.24, 2.45) is 0 Å². The first-order valence-corrected chi connectivity index (χ1v) is 12.3. The molecule has 38 heavy (non-hydrogen) atoms. The molecule has 8 nitrogen and oxygen atoms in total. The van der Waals surface area contributed by atoms with Crippen LogP contribution in [0.3, 0.4) is 0 Å². The van der Waals surface area contributed by atoms with E-state index in [2.05, 4.69) is 21.0 Å². The maximum atomic E-state index is 13.7. The summed E-state index contributed by atoms with van der Waals surface area (Å²) in [5, 5.41) is 13.8. The molecule has 0 fully saturated rings. The fraction of sp³-hybridized carbons (Fsp3) is 0.167. The summed E-state index contributed by atoms with van der Waals surface area (Å²) < 4.78 is 7.11. The third kappa shape index (κ3) is 4.76. The lowest BCUT2D eigenvalue weighted by Crippen LogP contribution is -2.32. The van der Waals surface area contributed by atoms with Crippen LogP contribution in [0.1, 0.15) is 40.0 Å². The molecular formula is C30H29N5O3. The van der Waals surface area contributed by atoms with Crippen LogP contribution in [-0.2, 0) is 4.79 Å². The molecule has 0 bridgehead atoms. The number of aromatic nitrogens is 2. The van der Waals surface area contributed by atoms with E-state index in [1.165, 1.54) is 6.20 Å². The molecule has 0 unspecified atom stereocenters. The highest BCUT2D eigenvalue weighted by molar-refractivity contribution is 6.09. The largest absolute Gasteiger partial charge is 0.495 e. The van der Waals surface area contributed by atoms with E-state index in [1.807, 2.05) is 81.4 Å². The van der Waals surface area contributed by atoms with E-state index in [1.54, 1.807) is 23.9 Å². The number of hydrogen-bond acceptors (Lipinski definition) is 5. The van der Waals surface area contributed by atoms with Gasteiger partial charge in [-0.1, -0.05) is 59.7 Å². The van der Waals surface area contributed by atoms with Crippen molar-refractivity contribution in [1.82, 2.24) is 9.78 Å². The molecule has 8 heteroatoms. The number of allylic oxidation sites excluding steroid dienone is 1. The van der Waals surface area contributed by atoms with Crippen molar-refractivity contribution < 1.29 is 14.3 Å². The number of rotatable bonds is 6. The van der Waals surface area contributed by atoms with Crippen molar-refractivity contribution in [2.45, 2.75) is 26.8 Å². The van der Waals surface area contributed by atoms with E-state index in [9.17, 15) is 9.59 Å². The number of benzene rings is 3. The predicted molar refractivity (Wildman–Crippen MR) is 149 cm³/mol. The molecule has 0 aliphatic carbocycles. The highest BCUT2D eigenvalue weighted by atomic mass is 16.5. The van der Waals surface area contributed by atoms with Gasteiger partial charge >= 0.3 is 0 Å². The molecule has 0 saturated carbocycles. The van der Waals surface area contributed by atoms with Crippen molar-refractivity contribution in [2.75, 3.05) is 23.1 Å². The maximum Gasteiger partial charge on any atom is 0.261 e. The molecule has 2 heterocycles. The molecule has 192 valence electrons. The average molecular weight is 508 g/mol. The molecule has 4 aromatic rings. The molecule has 0 spiro atoms. The van der Waals surface area contributed by atoms with Crippen molar-refractivity contribution in [3.05, 3.63) is 113 Å². The van der Waals surface area contributed by atoms with Crippen LogP contribution >= 0.6 is 0 Å². The Labute approximate surface area is 221 Å². The Hall–Kier alpha value is -4.85. The Morgan fingerprint density at radius 1 is 0.868 bits per heavy atom. The summed E-state index contributed by atoms with van der Waals surface area (Å²) in [4.78, 5) is 27.0. The molecule has 0 radical (unpaired) electrons. The number of anilines is 3. The Kier molecular flexibility index (Phi) is 6.70. The smallest absolute Gasteiger partial charge is 0.261 e. The molecule has 1 aromatic heterocycles. The van der Waals surface area contributed by atoms with E-state index in [0.29, 0.717) is 39.8 Å². The monoisotopic (exact) mass is 507 g/mol. The topological polar surface area (TPSA) is 97.3 Å². The lowest BCUT2D eigenvalue weighted by atomic mass is 9.94. The van der Waals surface area contributed by atoms with Crippen LogP contribution < -0.4 is 20.7 Å². The van der Waals surface area contributed by atoms with Gasteiger partial charge < -0.3 is 20.7 Å². The highest BCUT2D eigenvalue weighted by Crippen LogP contribution is 2.38. The first-order valence-electron chi connectivity index (χ1n) is 12.3. The quantitative estimate of drug-likeness (QED) is 0.312. The van der Waals surface area contributed by atoms with E-state index in [-0.39, 0.29) is 11.8 Å². The zero-order valence-corrected chi connectivity index (χ0v) is 21.7. The van der Waals surface area contributed by atoms with E-state index in [0.717, 1.165) is 16.7 Å². The van der Waals surface area contributed by atoms with Crippen molar-refractivity contribution in [1.29, 1.82) is 0 Å². The van der Waals surface area contributed by atoms with Gasteiger partial charge in [-0.3, -0.25) is 9.59 Å². The minimum absolute atomic E-state index is 0.292. The lowest BCUT2D eigenvalue weighted by Gasteiger charge is -2.30. The molecule has 2 amide bonds. The van der Waals surface area contributed by atoms with Gasteiger partial charge in [-0.25, -0.2) is 4.68 Å². The third-order valence-electron chi connectivity index (χ3n) is 6.57. The number of ether oxygens (including phenoxy) is 1. The number of methoxy groups -OCH3 is 1. The molecule has 1 aliphatic heterocycles. The minimum atomic E-state index is -0.553. The summed E-state index contributed by atoms with van der Waals surface area (Å²) in [6.45, 7) is 5.83. The number of nitrogens with zero attached hydrogens (tertiary/aromatic N) is 2. The number of hydrogen-bond donors (Lipinski definition) is 3. The number of carbonyl (C=O) groups excluding carboxylic acids is 2. The Morgan fingerprint density at radius 2 is 1.53 bits per heavy atom. The van der Waals surface area contributed by atoms with Crippen LogP contribution in [0.2, 0.25) is 0 Å². The zero-order valence-electron chi connectivity index (χ0n) is 21.7. The summed E-state index contributed by atoms with van der Waals surface area (Å²) in [5.41, 5.74) is 5.82. The first kappa shape index (κ1) is 24.8. The molecule has 5 rings (SSSR count). The Bertz CT molecular complexity index is 1540. The SMILES string of the molecule is COc1ccccc1NC(=O)C1=C(C)Nc2c(C(=O)Nc3ccc(C)cc3)cnn2[C@@H]1c1ccc(C)cc1. The number of fused-ring (bicyclic) bond motifs is 1. The van der Waals surface area contributed by atoms with E-state index in [4.69, 9.17) is 4.74 Å². The van der Waals surface area contributed by atoms with Crippen molar-refractivity contribution >= 4 is 29.0 Å². The Morgan fingerprint density at radius 3 is 2.21 bits per heavy atom. The second kappa shape index (κ2) is 10.3. The van der Waals surface area contributed by atoms with Gasteiger partial charge in [0, 0.05) is 11.4 Å². The second-order valence-corrected chi connectivity index (χ2v) is 9.30. The van der Waals surface area contributed by atoms with Gasteiger partial charge in [-0.05, 0) is 50.6 Å². The summed E-state index contributed by atoms with van der Waals surface area (Å²) in [6.07, 6.45) is 1.53. The van der Waals surface area contributed by atoms with Gasteiger partial charge in [-0.15, -0.1) is 0 Å². The molecule has 1 atom stereocenters. The Balaban J connectivity index is 1.54. The third-order valence-corrected chi connectivity index (χ3v) is 6.57. The van der Waals surface area contributed by atoms with Crippen LogP contribution in [0.25, 0.3) is 0 Å². The standard InChI is InChI=1S/C30H29N5O3/c1-18-9-13-21(14-10-18)27-26(30(37)34-24-7-5-6-8-25(24)38-4)20(3)32-28-23(17-31-35(27)28)29(36)33-22-15-11-19(2)12-16-22/h5-17,27,32H,1-4H3,(H,33,36)(H,34,37)/t27-/m1/s1.